The molecule has 0 bridgehead atoms. The molecular formula is C14H9NO. The Kier molecular flexibility index (Phi) is 1.93. The van der Waals surface area contributed by atoms with Crippen LogP contribution in [0.4, 0.5) is 5.69 Å². The minimum absolute atomic E-state index is 0.503. The van der Waals surface area contributed by atoms with Crippen LogP contribution in [-0.2, 0) is 0 Å². The van der Waals surface area contributed by atoms with Crippen molar-refractivity contribution in [3.63, 3.8) is 0 Å². The molecule has 16 heavy (non-hydrogen) atoms. The first kappa shape index (κ1) is 9.04. The van der Waals surface area contributed by atoms with Crippen molar-refractivity contribution in [2.24, 2.45) is 5.18 Å². The van der Waals surface area contributed by atoms with Crippen LogP contribution in [0.3, 0.4) is 0 Å². The van der Waals surface area contributed by atoms with Gasteiger partial charge in [-0.15, -0.1) is 4.91 Å². The van der Waals surface area contributed by atoms with Crippen LogP contribution in [0.5, 0.6) is 0 Å². The lowest BCUT2D eigenvalue weighted by Crippen LogP contribution is -1.77. The zero-order chi connectivity index (χ0) is 11.0. The molecule has 0 aliphatic carbocycles. The van der Waals surface area contributed by atoms with E-state index in [-0.39, 0.29) is 0 Å². The van der Waals surface area contributed by atoms with Crippen LogP contribution in [0.2, 0.25) is 0 Å². The van der Waals surface area contributed by atoms with Crippen LogP contribution in [0.25, 0.3) is 21.5 Å². The van der Waals surface area contributed by atoms with Crippen molar-refractivity contribution >= 4 is 27.2 Å². The molecule has 0 radical (unpaired) electrons. The molecule has 0 saturated carbocycles. The highest BCUT2D eigenvalue weighted by atomic mass is 16.3. The third-order valence-corrected chi connectivity index (χ3v) is 2.86. The van der Waals surface area contributed by atoms with Crippen molar-refractivity contribution in [1.82, 2.24) is 0 Å². The van der Waals surface area contributed by atoms with E-state index in [0.29, 0.717) is 5.69 Å². The molecule has 2 heteroatoms. The predicted molar refractivity (Wildman–Crippen MR) is 66.9 cm³/mol. The summed E-state index contributed by atoms with van der Waals surface area (Å²) in [5, 5.41) is 7.38. The number of nitroso groups, excluding NO2 is 1. The Hall–Kier alpha value is -2.22. The molecule has 0 fully saturated rings. The summed E-state index contributed by atoms with van der Waals surface area (Å²) in [5.41, 5.74) is 0.503. The van der Waals surface area contributed by atoms with E-state index in [4.69, 9.17) is 0 Å². The highest BCUT2D eigenvalue weighted by Gasteiger charge is 2.03. The van der Waals surface area contributed by atoms with Crippen LogP contribution in [0, 0.1) is 4.91 Å². The molecule has 0 spiro atoms. The van der Waals surface area contributed by atoms with Crippen molar-refractivity contribution in [2.45, 2.75) is 0 Å². The summed E-state index contributed by atoms with van der Waals surface area (Å²) in [5.74, 6) is 0. The van der Waals surface area contributed by atoms with Gasteiger partial charge in [0.05, 0.1) is 0 Å². The van der Waals surface area contributed by atoms with Gasteiger partial charge in [0.15, 0.2) is 0 Å². The van der Waals surface area contributed by atoms with Crippen molar-refractivity contribution in [3.8, 4) is 0 Å². The third-order valence-electron chi connectivity index (χ3n) is 2.86. The average molecular weight is 207 g/mol. The van der Waals surface area contributed by atoms with Crippen LogP contribution in [-0.4, -0.2) is 0 Å². The standard InChI is InChI=1S/C14H9NO/c16-15-14-7-3-6-12-11-5-2-1-4-10(11)8-9-13(12)14/h1-9H. The van der Waals surface area contributed by atoms with E-state index < -0.39 is 0 Å². The van der Waals surface area contributed by atoms with Crippen LogP contribution in [0.15, 0.2) is 59.8 Å². The Balaban J connectivity index is 2.57. The molecule has 0 aliphatic rings. The number of hydrogen-bond donors (Lipinski definition) is 0. The molecule has 3 rings (SSSR count). The summed E-state index contributed by atoms with van der Waals surface area (Å²) in [4.78, 5) is 10.7. The number of nitrogens with zero attached hydrogens (tertiary/aromatic N) is 1. The van der Waals surface area contributed by atoms with E-state index >= 15 is 0 Å². The zero-order valence-electron chi connectivity index (χ0n) is 8.55. The molecule has 0 saturated heterocycles. The van der Waals surface area contributed by atoms with Gasteiger partial charge >= 0.3 is 0 Å². The number of benzene rings is 3. The molecule has 0 N–H and O–H groups in total. The number of rotatable bonds is 1. The van der Waals surface area contributed by atoms with Crippen molar-refractivity contribution in [3.05, 3.63) is 59.5 Å². The van der Waals surface area contributed by atoms with Gasteiger partial charge in [-0.3, -0.25) is 0 Å². The zero-order valence-corrected chi connectivity index (χ0v) is 8.55. The van der Waals surface area contributed by atoms with Gasteiger partial charge in [-0.05, 0) is 27.4 Å². The monoisotopic (exact) mass is 207 g/mol. The molecule has 0 heterocycles. The maximum absolute atomic E-state index is 10.7. The molecule has 0 aliphatic heterocycles. The first-order chi connectivity index (χ1) is 7.90. The van der Waals surface area contributed by atoms with Crippen LogP contribution in [0.1, 0.15) is 0 Å². The topological polar surface area (TPSA) is 29.4 Å². The van der Waals surface area contributed by atoms with Crippen molar-refractivity contribution in [2.75, 3.05) is 0 Å². The molecule has 3 aromatic carbocycles. The van der Waals surface area contributed by atoms with Gasteiger partial charge in [0.25, 0.3) is 0 Å². The first-order valence-electron chi connectivity index (χ1n) is 5.14. The van der Waals surface area contributed by atoms with Gasteiger partial charge < -0.3 is 0 Å². The molecule has 3 aromatic rings. The van der Waals surface area contributed by atoms with E-state index in [1.807, 2.05) is 36.4 Å². The van der Waals surface area contributed by atoms with Gasteiger partial charge in [0.2, 0.25) is 0 Å². The van der Waals surface area contributed by atoms with E-state index in [2.05, 4.69) is 17.3 Å². The minimum atomic E-state index is 0.503. The summed E-state index contributed by atoms with van der Waals surface area (Å²) >= 11 is 0. The van der Waals surface area contributed by atoms with Crippen LogP contribution < -0.4 is 0 Å². The highest BCUT2D eigenvalue weighted by Crippen LogP contribution is 2.31. The fraction of sp³-hybridized carbons (Fsp3) is 0. The smallest absolute Gasteiger partial charge is 0.115 e. The minimum Gasteiger partial charge on any atom is -0.145 e. The quantitative estimate of drug-likeness (QED) is 0.429. The third kappa shape index (κ3) is 1.20. The molecular weight excluding hydrogens is 198 g/mol. The van der Waals surface area contributed by atoms with E-state index in [9.17, 15) is 4.91 Å². The van der Waals surface area contributed by atoms with Gasteiger partial charge in [-0.2, -0.15) is 0 Å². The average Bonchev–Trinajstić information content (AvgIpc) is 2.37. The lowest BCUT2D eigenvalue weighted by molar-refractivity contribution is 1.54. The number of hydrogen-bond acceptors (Lipinski definition) is 2. The Bertz CT molecular complexity index is 688. The lowest BCUT2D eigenvalue weighted by Gasteiger charge is -2.04. The highest BCUT2D eigenvalue weighted by molar-refractivity contribution is 6.10. The summed E-state index contributed by atoms with van der Waals surface area (Å²) in [7, 11) is 0. The normalized spacial score (nSPS) is 10.8. The van der Waals surface area contributed by atoms with Crippen LogP contribution >= 0.6 is 0 Å². The molecule has 76 valence electrons. The summed E-state index contributed by atoms with van der Waals surface area (Å²) in [6.45, 7) is 0. The van der Waals surface area contributed by atoms with Crippen molar-refractivity contribution < 1.29 is 0 Å². The maximum atomic E-state index is 10.7. The Labute approximate surface area is 92.5 Å². The number of fused-ring (bicyclic) bond motifs is 3. The molecule has 0 atom stereocenters. The van der Waals surface area contributed by atoms with E-state index in [0.717, 1.165) is 16.2 Å². The molecule has 2 nitrogen and oxygen atoms in total. The SMILES string of the molecule is O=Nc1cccc2c1ccc1ccccc12. The molecule has 0 unspecified atom stereocenters. The second-order valence-electron chi connectivity index (χ2n) is 3.75. The van der Waals surface area contributed by atoms with E-state index in [1.165, 1.54) is 5.39 Å². The van der Waals surface area contributed by atoms with Gasteiger partial charge in [0, 0.05) is 5.39 Å². The fourth-order valence-electron chi connectivity index (χ4n) is 2.10. The fourth-order valence-corrected chi connectivity index (χ4v) is 2.10. The van der Waals surface area contributed by atoms with Gasteiger partial charge in [-0.1, -0.05) is 48.5 Å². The van der Waals surface area contributed by atoms with Gasteiger partial charge in [0.1, 0.15) is 5.69 Å². The Morgan fingerprint density at radius 1 is 0.688 bits per heavy atom. The summed E-state index contributed by atoms with van der Waals surface area (Å²) in [6.07, 6.45) is 0. The van der Waals surface area contributed by atoms with E-state index in [1.54, 1.807) is 6.07 Å². The van der Waals surface area contributed by atoms with Crippen molar-refractivity contribution in [1.29, 1.82) is 0 Å². The van der Waals surface area contributed by atoms with Gasteiger partial charge in [-0.25, -0.2) is 0 Å². The molecule has 0 amide bonds. The first-order valence-corrected chi connectivity index (χ1v) is 5.14. The second kappa shape index (κ2) is 3.42. The second-order valence-corrected chi connectivity index (χ2v) is 3.75. The maximum Gasteiger partial charge on any atom is 0.115 e. The summed E-state index contributed by atoms with van der Waals surface area (Å²) < 4.78 is 0. The summed E-state index contributed by atoms with van der Waals surface area (Å²) in [6, 6.07) is 17.7. The molecule has 0 aromatic heterocycles. The largest absolute Gasteiger partial charge is 0.145 e. The predicted octanol–water partition coefficient (Wildman–Crippen LogP) is 4.39. The Morgan fingerprint density at radius 2 is 1.50 bits per heavy atom. The Morgan fingerprint density at radius 3 is 2.38 bits per heavy atom. The lowest BCUT2D eigenvalue weighted by atomic mass is 10.0.